The van der Waals surface area contributed by atoms with Crippen LogP contribution in [-0.2, 0) is 6.54 Å². The zero-order valence-corrected chi connectivity index (χ0v) is 7.70. The van der Waals surface area contributed by atoms with Crippen LogP contribution in [0.4, 0.5) is 4.39 Å². The molecule has 0 radical (unpaired) electrons. The summed E-state index contributed by atoms with van der Waals surface area (Å²) in [7, 11) is 1.92. The Kier molecular flexibility index (Phi) is 3.86. The van der Waals surface area contributed by atoms with Crippen LogP contribution in [0.5, 0.6) is 0 Å². The van der Waals surface area contributed by atoms with Crippen molar-refractivity contribution in [2.24, 2.45) is 0 Å². The SMILES string of the molecule is CN(CCO)Cc1ccc(F)cc1. The van der Waals surface area contributed by atoms with Gasteiger partial charge in [-0.25, -0.2) is 4.39 Å². The van der Waals surface area contributed by atoms with E-state index in [1.165, 1.54) is 12.1 Å². The van der Waals surface area contributed by atoms with E-state index in [-0.39, 0.29) is 12.4 Å². The largest absolute Gasteiger partial charge is 0.395 e. The highest BCUT2D eigenvalue weighted by atomic mass is 19.1. The summed E-state index contributed by atoms with van der Waals surface area (Å²) in [5, 5.41) is 8.66. The summed E-state index contributed by atoms with van der Waals surface area (Å²) >= 11 is 0. The minimum atomic E-state index is -0.214. The van der Waals surface area contributed by atoms with Gasteiger partial charge in [-0.15, -0.1) is 0 Å². The van der Waals surface area contributed by atoms with E-state index in [4.69, 9.17) is 5.11 Å². The molecule has 0 unspecified atom stereocenters. The molecular formula is C10H14FNO. The van der Waals surface area contributed by atoms with Gasteiger partial charge in [-0.05, 0) is 24.7 Å². The summed E-state index contributed by atoms with van der Waals surface area (Å²) in [5.41, 5.74) is 1.05. The predicted molar refractivity (Wildman–Crippen MR) is 49.8 cm³/mol. The Morgan fingerprint density at radius 2 is 1.92 bits per heavy atom. The van der Waals surface area contributed by atoms with Crippen molar-refractivity contribution in [2.45, 2.75) is 6.54 Å². The van der Waals surface area contributed by atoms with Crippen molar-refractivity contribution in [1.82, 2.24) is 4.90 Å². The first-order chi connectivity index (χ1) is 6.22. The highest BCUT2D eigenvalue weighted by Gasteiger charge is 1.98. The molecule has 3 heteroatoms. The molecule has 0 saturated heterocycles. The van der Waals surface area contributed by atoms with Gasteiger partial charge in [-0.3, -0.25) is 4.90 Å². The van der Waals surface area contributed by atoms with Crippen molar-refractivity contribution >= 4 is 0 Å². The third kappa shape index (κ3) is 3.53. The van der Waals surface area contributed by atoms with E-state index >= 15 is 0 Å². The van der Waals surface area contributed by atoms with Crippen molar-refractivity contribution in [3.63, 3.8) is 0 Å². The van der Waals surface area contributed by atoms with E-state index in [2.05, 4.69) is 0 Å². The van der Waals surface area contributed by atoms with Gasteiger partial charge in [0, 0.05) is 13.1 Å². The van der Waals surface area contributed by atoms with Crippen molar-refractivity contribution in [1.29, 1.82) is 0 Å². The van der Waals surface area contributed by atoms with Crippen molar-refractivity contribution in [2.75, 3.05) is 20.2 Å². The lowest BCUT2D eigenvalue weighted by atomic mass is 10.2. The number of nitrogens with zero attached hydrogens (tertiary/aromatic N) is 1. The zero-order valence-electron chi connectivity index (χ0n) is 7.70. The van der Waals surface area contributed by atoms with Crippen LogP contribution in [0.2, 0.25) is 0 Å². The molecule has 1 N–H and O–H groups in total. The number of likely N-dealkylation sites (N-methyl/N-ethyl adjacent to an activating group) is 1. The summed E-state index contributed by atoms with van der Waals surface area (Å²) < 4.78 is 12.5. The molecule has 0 fully saturated rings. The Morgan fingerprint density at radius 3 is 2.46 bits per heavy atom. The summed E-state index contributed by atoms with van der Waals surface area (Å²) in [6, 6.07) is 6.40. The first kappa shape index (κ1) is 10.2. The fourth-order valence-electron chi connectivity index (χ4n) is 1.15. The average Bonchev–Trinajstić information content (AvgIpc) is 2.09. The quantitative estimate of drug-likeness (QED) is 0.759. The van der Waals surface area contributed by atoms with Crippen LogP contribution in [0, 0.1) is 5.82 Å². The second-order valence-electron chi connectivity index (χ2n) is 3.09. The normalized spacial score (nSPS) is 10.8. The van der Waals surface area contributed by atoms with Crippen LogP contribution in [-0.4, -0.2) is 30.2 Å². The average molecular weight is 183 g/mol. The number of halogens is 1. The Labute approximate surface area is 77.6 Å². The van der Waals surface area contributed by atoms with Crippen LogP contribution >= 0.6 is 0 Å². The van der Waals surface area contributed by atoms with E-state index in [0.29, 0.717) is 6.54 Å². The van der Waals surface area contributed by atoms with Crippen molar-refractivity contribution in [3.8, 4) is 0 Å². The third-order valence-corrected chi connectivity index (χ3v) is 1.85. The van der Waals surface area contributed by atoms with Gasteiger partial charge in [0.1, 0.15) is 5.82 Å². The molecule has 72 valence electrons. The highest BCUT2D eigenvalue weighted by molar-refractivity contribution is 5.15. The fraction of sp³-hybridized carbons (Fsp3) is 0.400. The molecule has 0 aliphatic carbocycles. The smallest absolute Gasteiger partial charge is 0.123 e. The molecule has 1 rings (SSSR count). The number of rotatable bonds is 4. The van der Waals surface area contributed by atoms with Crippen LogP contribution in [0.1, 0.15) is 5.56 Å². The molecule has 0 saturated carbocycles. The van der Waals surface area contributed by atoms with Crippen LogP contribution in [0.25, 0.3) is 0 Å². The van der Waals surface area contributed by atoms with E-state index in [1.54, 1.807) is 12.1 Å². The maximum absolute atomic E-state index is 12.5. The molecule has 0 spiro atoms. The predicted octanol–water partition coefficient (Wildman–Crippen LogP) is 1.25. The van der Waals surface area contributed by atoms with Crippen molar-refractivity contribution < 1.29 is 9.50 Å². The van der Waals surface area contributed by atoms with Crippen LogP contribution < -0.4 is 0 Å². The number of benzene rings is 1. The van der Waals surface area contributed by atoms with Gasteiger partial charge in [-0.1, -0.05) is 12.1 Å². The Balaban J connectivity index is 2.49. The molecule has 13 heavy (non-hydrogen) atoms. The van der Waals surface area contributed by atoms with Gasteiger partial charge in [0.2, 0.25) is 0 Å². The second-order valence-corrected chi connectivity index (χ2v) is 3.09. The standard InChI is InChI=1S/C10H14FNO/c1-12(6-7-13)8-9-2-4-10(11)5-3-9/h2-5,13H,6-8H2,1H3. The minimum absolute atomic E-state index is 0.150. The van der Waals surface area contributed by atoms with E-state index in [1.807, 2.05) is 11.9 Å². The number of aliphatic hydroxyl groups is 1. The van der Waals surface area contributed by atoms with Gasteiger partial charge < -0.3 is 5.11 Å². The van der Waals surface area contributed by atoms with Gasteiger partial charge in [0.15, 0.2) is 0 Å². The van der Waals surface area contributed by atoms with Gasteiger partial charge in [-0.2, -0.15) is 0 Å². The van der Waals surface area contributed by atoms with Crippen molar-refractivity contribution in [3.05, 3.63) is 35.6 Å². The molecule has 0 heterocycles. The lowest BCUT2D eigenvalue weighted by Crippen LogP contribution is -2.21. The van der Waals surface area contributed by atoms with E-state index < -0.39 is 0 Å². The number of hydrogen-bond donors (Lipinski definition) is 1. The van der Waals surface area contributed by atoms with E-state index in [0.717, 1.165) is 12.1 Å². The van der Waals surface area contributed by atoms with Gasteiger partial charge in [0.05, 0.1) is 6.61 Å². The zero-order chi connectivity index (χ0) is 9.68. The third-order valence-electron chi connectivity index (χ3n) is 1.85. The Morgan fingerprint density at radius 1 is 1.31 bits per heavy atom. The monoisotopic (exact) mass is 183 g/mol. The molecular weight excluding hydrogens is 169 g/mol. The highest BCUT2D eigenvalue weighted by Crippen LogP contribution is 2.04. The summed E-state index contributed by atoms with van der Waals surface area (Å²) in [5.74, 6) is -0.214. The topological polar surface area (TPSA) is 23.5 Å². The maximum Gasteiger partial charge on any atom is 0.123 e. The molecule has 0 bridgehead atoms. The Bertz CT molecular complexity index is 248. The molecule has 0 aliphatic rings. The molecule has 0 atom stereocenters. The fourth-order valence-corrected chi connectivity index (χ4v) is 1.15. The maximum atomic E-state index is 12.5. The summed E-state index contributed by atoms with van der Waals surface area (Å²) in [6.07, 6.45) is 0. The van der Waals surface area contributed by atoms with Gasteiger partial charge >= 0.3 is 0 Å². The molecule has 0 amide bonds. The summed E-state index contributed by atoms with van der Waals surface area (Å²) in [6.45, 7) is 1.52. The second kappa shape index (κ2) is 4.94. The minimum Gasteiger partial charge on any atom is -0.395 e. The lowest BCUT2D eigenvalue weighted by molar-refractivity contribution is 0.217. The molecule has 1 aromatic carbocycles. The number of aliphatic hydroxyl groups excluding tert-OH is 1. The van der Waals surface area contributed by atoms with Crippen LogP contribution in [0.15, 0.2) is 24.3 Å². The summed E-state index contributed by atoms with van der Waals surface area (Å²) in [4.78, 5) is 1.98. The molecule has 0 aromatic heterocycles. The molecule has 2 nitrogen and oxygen atoms in total. The number of hydrogen-bond acceptors (Lipinski definition) is 2. The van der Waals surface area contributed by atoms with E-state index in [9.17, 15) is 4.39 Å². The van der Waals surface area contributed by atoms with Crippen LogP contribution in [0.3, 0.4) is 0 Å². The first-order valence-corrected chi connectivity index (χ1v) is 4.26. The molecule has 1 aromatic rings. The van der Waals surface area contributed by atoms with Gasteiger partial charge in [0.25, 0.3) is 0 Å². The Hall–Kier alpha value is -0.930. The molecule has 0 aliphatic heterocycles. The lowest BCUT2D eigenvalue weighted by Gasteiger charge is -2.14. The first-order valence-electron chi connectivity index (χ1n) is 4.26.